The van der Waals surface area contributed by atoms with Crippen molar-refractivity contribution < 1.29 is 23.9 Å². The predicted octanol–water partition coefficient (Wildman–Crippen LogP) is 2.88. The minimum absolute atomic E-state index is 0.0460. The van der Waals surface area contributed by atoms with Crippen LogP contribution in [-0.2, 0) is 9.53 Å². The molecule has 8 heteroatoms. The molecule has 1 aromatic carbocycles. The molecule has 1 fully saturated rings. The SMILES string of the molecule is CC(C)Oc1ccc(C(=O)NNC(=O)C2CCCN(C(=O)OC(C)(C)C)C2)cc1. The summed E-state index contributed by atoms with van der Waals surface area (Å²) in [5.41, 5.74) is 4.70. The van der Waals surface area contributed by atoms with Crippen LogP contribution in [0.5, 0.6) is 5.75 Å². The maximum Gasteiger partial charge on any atom is 0.410 e. The van der Waals surface area contributed by atoms with Crippen molar-refractivity contribution in [2.75, 3.05) is 13.1 Å². The number of piperidine rings is 1. The number of carbonyl (C=O) groups is 3. The molecule has 0 aromatic heterocycles. The fourth-order valence-corrected chi connectivity index (χ4v) is 2.93. The summed E-state index contributed by atoms with van der Waals surface area (Å²) in [6, 6.07) is 6.67. The van der Waals surface area contributed by atoms with E-state index in [1.807, 2.05) is 13.8 Å². The molecular weight excluding hydrogens is 374 g/mol. The Hall–Kier alpha value is -2.77. The van der Waals surface area contributed by atoms with Crippen molar-refractivity contribution in [1.29, 1.82) is 0 Å². The quantitative estimate of drug-likeness (QED) is 0.751. The number of likely N-dealkylation sites (tertiary alicyclic amines) is 1. The number of benzene rings is 1. The van der Waals surface area contributed by atoms with Crippen molar-refractivity contribution in [3.8, 4) is 5.75 Å². The second-order valence-corrected chi connectivity index (χ2v) is 8.40. The van der Waals surface area contributed by atoms with Crippen LogP contribution < -0.4 is 15.6 Å². The second kappa shape index (κ2) is 9.62. The van der Waals surface area contributed by atoms with Crippen LogP contribution in [0.4, 0.5) is 4.79 Å². The Labute approximate surface area is 171 Å². The molecule has 1 atom stereocenters. The Balaban J connectivity index is 1.85. The molecule has 3 amide bonds. The zero-order chi connectivity index (χ0) is 21.6. The number of rotatable bonds is 4. The molecule has 1 unspecified atom stereocenters. The Bertz CT molecular complexity index is 725. The minimum Gasteiger partial charge on any atom is -0.491 e. The van der Waals surface area contributed by atoms with Gasteiger partial charge in [-0.05, 0) is 71.7 Å². The summed E-state index contributed by atoms with van der Waals surface area (Å²) in [5.74, 6) is -0.482. The third kappa shape index (κ3) is 7.29. The molecule has 1 aromatic rings. The number of nitrogens with zero attached hydrogens (tertiary/aromatic N) is 1. The van der Waals surface area contributed by atoms with E-state index in [4.69, 9.17) is 9.47 Å². The van der Waals surface area contributed by atoms with Gasteiger partial charge in [0.15, 0.2) is 0 Å². The third-order valence-electron chi connectivity index (χ3n) is 4.23. The number of hydrogen-bond donors (Lipinski definition) is 2. The average molecular weight is 405 g/mol. The molecule has 29 heavy (non-hydrogen) atoms. The highest BCUT2D eigenvalue weighted by Gasteiger charge is 2.31. The highest BCUT2D eigenvalue weighted by Crippen LogP contribution is 2.19. The first-order valence-corrected chi connectivity index (χ1v) is 9.90. The summed E-state index contributed by atoms with van der Waals surface area (Å²) in [7, 11) is 0. The van der Waals surface area contributed by atoms with Gasteiger partial charge < -0.3 is 14.4 Å². The van der Waals surface area contributed by atoms with Crippen molar-refractivity contribution in [2.45, 2.75) is 59.2 Å². The number of ether oxygens (including phenoxy) is 2. The highest BCUT2D eigenvalue weighted by atomic mass is 16.6. The lowest BCUT2D eigenvalue weighted by Gasteiger charge is -2.33. The zero-order valence-corrected chi connectivity index (χ0v) is 17.8. The summed E-state index contributed by atoms with van der Waals surface area (Å²) >= 11 is 0. The number of hydrogen-bond acceptors (Lipinski definition) is 5. The molecule has 0 radical (unpaired) electrons. The molecule has 1 aliphatic heterocycles. The standard InChI is InChI=1S/C21H31N3O5/c1-14(2)28-17-10-8-15(9-11-17)18(25)22-23-19(26)16-7-6-12-24(13-16)20(27)29-21(3,4)5/h8-11,14,16H,6-7,12-13H2,1-5H3,(H,22,25)(H,23,26). The van der Waals surface area contributed by atoms with E-state index in [0.717, 1.165) is 0 Å². The number of carbonyl (C=O) groups excluding carboxylic acids is 3. The molecule has 0 aliphatic carbocycles. The van der Waals surface area contributed by atoms with Crippen LogP contribution in [0, 0.1) is 5.92 Å². The van der Waals surface area contributed by atoms with Gasteiger partial charge in [0, 0.05) is 18.7 Å². The fraction of sp³-hybridized carbons (Fsp3) is 0.571. The van der Waals surface area contributed by atoms with Gasteiger partial charge in [0.1, 0.15) is 11.4 Å². The van der Waals surface area contributed by atoms with Crippen LogP contribution >= 0.6 is 0 Å². The van der Waals surface area contributed by atoms with Crippen LogP contribution in [-0.4, -0.2) is 47.6 Å². The topological polar surface area (TPSA) is 97.0 Å². The molecule has 8 nitrogen and oxygen atoms in total. The number of nitrogens with one attached hydrogen (secondary N) is 2. The van der Waals surface area contributed by atoms with Gasteiger partial charge in [-0.1, -0.05) is 0 Å². The van der Waals surface area contributed by atoms with Gasteiger partial charge in [0.2, 0.25) is 5.91 Å². The first kappa shape index (κ1) is 22.5. The zero-order valence-electron chi connectivity index (χ0n) is 17.8. The van der Waals surface area contributed by atoms with Crippen molar-refractivity contribution in [1.82, 2.24) is 15.8 Å². The molecule has 2 N–H and O–H groups in total. The van der Waals surface area contributed by atoms with E-state index in [-0.39, 0.29) is 18.6 Å². The van der Waals surface area contributed by atoms with Gasteiger partial charge in [-0.3, -0.25) is 20.4 Å². The van der Waals surface area contributed by atoms with Crippen molar-refractivity contribution in [3.05, 3.63) is 29.8 Å². The lowest BCUT2D eigenvalue weighted by molar-refractivity contribution is -0.127. The minimum atomic E-state index is -0.587. The van der Waals surface area contributed by atoms with Crippen LogP contribution in [0.1, 0.15) is 57.8 Å². The second-order valence-electron chi connectivity index (χ2n) is 8.40. The molecule has 1 heterocycles. The van der Waals surface area contributed by atoms with E-state index in [9.17, 15) is 14.4 Å². The van der Waals surface area contributed by atoms with E-state index in [0.29, 0.717) is 30.7 Å². The summed E-state index contributed by atoms with van der Waals surface area (Å²) in [5, 5.41) is 0. The van der Waals surface area contributed by atoms with Crippen molar-refractivity contribution >= 4 is 17.9 Å². The molecule has 1 saturated heterocycles. The van der Waals surface area contributed by atoms with Crippen molar-refractivity contribution in [2.24, 2.45) is 5.92 Å². The van der Waals surface area contributed by atoms with Crippen LogP contribution in [0.15, 0.2) is 24.3 Å². The molecule has 0 bridgehead atoms. The Morgan fingerprint density at radius 1 is 1.10 bits per heavy atom. The van der Waals surface area contributed by atoms with Crippen LogP contribution in [0.25, 0.3) is 0 Å². The summed E-state index contributed by atoms with van der Waals surface area (Å²) in [6.07, 6.45) is 0.956. The lowest BCUT2D eigenvalue weighted by Crippen LogP contribution is -2.50. The molecule has 2 rings (SSSR count). The van der Waals surface area contributed by atoms with Gasteiger partial charge in [-0.25, -0.2) is 4.79 Å². The van der Waals surface area contributed by atoms with E-state index in [2.05, 4.69) is 10.9 Å². The van der Waals surface area contributed by atoms with Gasteiger partial charge in [-0.2, -0.15) is 0 Å². The van der Waals surface area contributed by atoms with Crippen molar-refractivity contribution in [3.63, 3.8) is 0 Å². The molecule has 160 valence electrons. The van der Waals surface area contributed by atoms with E-state index in [1.54, 1.807) is 45.0 Å². The first-order chi connectivity index (χ1) is 13.5. The van der Waals surface area contributed by atoms with Gasteiger partial charge in [0.05, 0.1) is 12.0 Å². The summed E-state index contributed by atoms with van der Waals surface area (Å²) in [6.45, 7) is 10.1. The summed E-state index contributed by atoms with van der Waals surface area (Å²) < 4.78 is 10.9. The van der Waals surface area contributed by atoms with Gasteiger partial charge >= 0.3 is 6.09 Å². The average Bonchev–Trinajstić information content (AvgIpc) is 2.64. The van der Waals surface area contributed by atoms with Crippen LogP contribution in [0.2, 0.25) is 0 Å². The normalized spacial score (nSPS) is 16.9. The lowest BCUT2D eigenvalue weighted by atomic mass is 9.98. The Morgan fingerprint density at radius 3 is 2.34 bits per heavy atom. The Kier molecular flexibility index (Phi) is 7.47. The summed E-state index contributed by atoms with van der Waals surface area (Å²) in [4.78, 5) is 38.4. The molecular formula is C21H31N3O5. The maximum absolute atomic E-state index is 12.4. The first-order valence-electron chi connectivity index (χ1n) is 9.90. The highest BCUT2D eigenvalue weighted by molar-refractivity contribution is 5.95. The molecule has 0 spiro atoms. The maximum atomic E-state index is 12.4. The molecule has 1 aliphatic rings. The third-order valence-corrected chi connectivity index (χ3v) is 4.23. The monoisotopic (exact) mass is 405 g/mol. The predicted molar refractivity (Wildman–Crippen MR) is 108 cm³/mol. The van der Waals surface area contributed by atoms with E-state index in [1.165, 1.54) is 4.90 Å². The van der Waals surface area contributed by atoms with Crippen LogP contribution in [0.3, 0.4) is 0 Å². The Morgan fingerprint density at radius 2 is 1.76 bits per heavy atom. The fourth-order valence-electron chi connectivity index (χ4n) is 2.93. The van der Waals surface area contributed by atoms with E-state index >= 15 is 0 Å². The largest absolute Gasteiger partial charge is 0.491 e. The smallest absolute Gasteiger partial charge is 0.410 e. The van der Waals surface area contributed by atoms with E-state index < -0.39 is 23.5 Å². The van der Waals surface area contributed by atoms with Gasteiger partial charge in [0.25, 0.3) is 5.91 Å². The molecule has 0 saturated carbocycles. The number of hydrazine groups is 1. The van der Waals surface area contributed by atoms with Gasteiger partial charge in [-0.15, -0.1) is 0 Å². The number of amides is 3.